The maximum Gasteiger partial charge on any atom is 0.124 e. The Balaban J connectivity index is 2.88. The second-order valence-corrected chi connectivity index (χ2v) is 3.27. The third-order valence-electron chi connectivity index (χ3n) is 2.28. The molecule has 3 heteroatoms. The number of benzene rings is 1. The predicted octanol–water partition coefficient (Wildman–Crippen LogP) is 1.99. The summed E-state index contributed by atoms with van der Waals surface area (Å²) in [5.74, 6) is 0.927. The number of methoxy groups -OCH3 is 1. The molecule has 1 atom stereocenters. The molecule has 0 spiro atoms. The SMILES string of the molecule is CCOc1ccccc1C(COC)NC. The van der Waals surface area contributed by atoms with E-state index in [9.17, 15) is 0 Å². The minimum absolute atomic E-state index is 0.178. The number of hydrogen-bond acceptors (Lipinski definition) is 3. The molecular weight excluding hydrogens is 190 g/mol. The zero-order chi connectivity index (χ0) is 11.1. The third kappa shape index (κ3) is 3.22. The van der Waals surface area contributed by atoms with Gasteiger partial charge in [-0.1, -0.05) is 18.2 Å². The van der Waals surface area contributed by atoms with Crippen LogP contribution in [0.4, 0.5) is 0 Å². The van der Waals surface area contributed by atoms with Gasteiger partial charge >= 0.3 is 0 Å². The van der Waals surface area contributed by atoms with Crippen LogP contribution in [0.5, 0.6) is 5.75 Å². The lowest BCUT2D eigenvalue weighted by Crippen LogP contribution is -2.21. The lowest BCUT2D eigenvalue weighted by molar-refractivity contribution is 0.168. The van der Waals surface area contributed by atoms with Gasteiger partial charge in [-0.2, -0.15) is 0 Å². The van der Waals surface area contributed by atoms with Gasteiger partial charge in [0.2, 0.25) is 0 Å². The Kier molecular flexibility index (Phi) is 5.15. The Morgan fingerprint density at radius 2 is 2.07 bits per heavy atom. The molecule has 0 bridgehead atoms. The highest BCUT2D eigenvalue weighted by molar-refractivity contribution is 5.36. The van der Waals surface area contributed by atoms with Gasteiger partial charge in [-0.3, -0.25) is 0 Å². The van der Waals surface area contributed by atoms with Crippen LogP contribution in [-0.4, -0.2) is 27.4 Å². The second-order valence-electron chi connectivity index (χ2n) is 3.27. The maximum atomic E-state index is 5.57. The van der Waals surface area contributed by atoms with Crippen molar-refractivity contribution in [3.8, 4) is 5.75 Å². The molecule has 0 aliphatic carbocycles. The predicted molar refractivity (Wildman–Crippen MR) is 61.3 cm³/mol. The zero-order valence-electron chi connectivity index (χ0n) is 9.62. The van der Waals surface area contributed by atoms with Crippen molar-refractivity contribution in [3.63, 3.8) is 0 Å². The van der Waals surface area contributed by atoms with Crippen LogP contribution in [0.25, 0.3) is 0 Å². The average molecular weight is 209 g/mol. The Morgan fingerprint density at radius 1 is 1.33 bits per heavy atom. The molecule has 0 amide bonds. The monoisotopic (exact) mass is 209 g/mol. The maximum absolute atomic E-state index is 5.57. The topological polar surface area (TPSA) is 30.5 Å². The van der Waals surface area contributed by atoms with Crippen molar-refractivity contribution in [2.75, 3.05) is 27.4 Å². The van der Waals surface area contributed by atoms with Gasteiger partial charge in [-0.15, -0.1) is 0 Å². The molecule has 0 aromatic heterocycles. The summed E-state index contributed by atoms with van der Waals surface area (Å²) in [6.45, 7) is 3.31. The smallest absolute Gasteiger partial charge is 0.124 e. The average Bonchev–Trinajstić information content (AvgIpc) is 2.27. The van der Waals surface area contributed by atoms with E-state index in [1.165, 1.54) is 0 Å². The van der Waals surface area contributed by atoms with E-state index in [1.54, 1.807) is 7.11 Å². The molecule has 0 aliphatic rings. The van der Waals surface area contributed by atoms with Gasteiger partial charge in [-0.05, 0) is 20.0 Å². The number of hydrogen-bond donors (Lipinski definition) is 1. The van der Waals surface area contributed by atoms with Crippen LogP contribution >= 0.6 is 0 Å². The van der Waals surface area contributed by atoms with Gasteiger partial charge in [-0.25, -0.2) is 0 Å². The van der Waals surface area contributed by atoms with Gasteiger partial charge in [0.15, 0.2) is 0 Å². The van der Waals surface area contributed by atoms with Crippen molar-refractivity contribution < 1.29 is 9.47 Å². The van der Waals surface area contributed by atoms with Crippen molar-refractivity contribution in [1.82, 2.24) is 5.32 Å². The Hall–Kier alpha value is -1.06. The van der Waals surface area contributed by atoms with E-state index in [0.29, 0.717) is 13.2 Å². The Morgan fingerprint density at radius 3 is 2.67 bits per heavy atom. The summed E-state index contributed by atoms with van der Waals surface area (Å²) in [7, 11) is 3.63. The molecule has 1 unspecified atom stereocenters. The number of para-hydroxylation sites is 1. The summed E-state index contributed by atoms with van der Waals surface area (Å²) in [4.78, 5) is 0. The van der Waals surface area contributed by atoms with E-state index in [4.69, 9.17) is 9.47 Å². The minimum Gasteiger partial charge on any atom is -0.494 e. The van der Waals surface area contributed by atoms with Gasteiger partial charge in [0.05, 0.1) is 19.3 Å². The van der Waals surface area contributed by atoms with Crippen molar-refractivity contribution in [1.29, 1.82) is 0 Å². The molecule has 0 saturated carbocycles. The lowest BCUT2D eigenvalue weighted by Gasteiger charge is -2.18. The van der Waals surface area contributed by atoms with E-state index >= 15 is 0 Å². The molecule has 15 heavy (non-hydrogen) atoms. The van der Waals surface area contributed by atoms with Gasteiger partial charge in [0, 0.05) is 12.7 Å². The van der Waals surface area contributed by atoms with Crippen LogP contribution in [-0.2, 0) is 4.74 Å². The molecule has 0 heterocycles. The first-order valence-electron chi connectivity index (χ1n) is 5.21. The van der Waals surface area contributed by atoms with Gasteiger partial charge < -0.3 is 14.8 Å². The molecular formula is C12H19NO2. The van der Waals surface area contributed by atoms with Crippen LogP contribution in [0.3, 0.4) is 0 Å². The highest BCUT2D eigenvalue weighted by atomic mass is 16.5. The fraction of sp³-hybridized carbons (Fsp3) is 0.500. The van der Waals surface area contributed by atoms with Crippen LogP contribution in [0.15, 0.2) is 24.3 Å². The molecule has 1 aromatic carbocycles. The highest BCUT2D eigenvalue weighted by Gasteiger charge is 2.13. The van der Waals surface area contributed by atoms with E-state index in [-0.39, 0.29) is 6.04 Å². The fourth-order valence-electron chi connectivity index (χ4n) is 1.55. The summed E-state index contributed by atoms with van der Waals surface area (Å²) < 4.78 is 10.7. The quantitative estimate of drug-likeness (QED) is 0.777. The van der Waals surface area contributed by atoms with Crippen LogP contribution in [0.1, 0.15) is 18.5 Å². The van der Waals surface area contributed by atoms with E-state index in [2.05, 4.69) is 11.4 Å². The molecule has 0 aliphatic heterocycles. The standard InChI is InChI=1S/C12H19NO2/c1-4-15-12-8-6-5-7-10(12)11(13-2)9-14-3/h5-8,11,13H,4,9H2,1-3H3. The molecule has 0 saturated heterocycles. The first kappa shape index (κ1) is 12.0. The Labute approximate surface area is 91.4 Å². The molecule has 1 rings (SSSR count). The minimum atomic E-state index is 0.178. The van der Waals surface area contributed by atoms with Crippen LogP contribution in [0.2, 0.25) is 0 Å². The summed E-state index contributed by atoms with van der Waals surface area (Å²) in [6, 6.07) is 8.22. The van der Waals surface area contributed by atoms with E-state index in [1.807, 2.05) is 32.2 Å². The second kappa shape index (κ2) is 6.43. The van der Waals surface area contributed by atoms with Crippen molar-refractivity contribution in [2.24, 2.45) is 0 Å². The van der Waals surface area contributed by atoms with Crippen molar-refractivity contribution in [2.45, 2.75) is 13.0 Å². The molecule has 1 aromatic rings. The Bertz CT molecular complexity index is 289. The van der Waals surface area contributed by atoms with Gasteiger partial charge in [0.1, 0.15) is 5.75 Å². The van der Waals surface area contributed by atoms with Crippen LogP contribution < -0.4 is 10.1 Å². The molecule has 3 nitrogen and oxygen atoms in total. The first-order chi connectivity index (χ1) is 7.33. The third-order valence-corrected chi connectivity index (χ3v) is 2.28. The summed E-state index contributed by atoms with van der Waals surface area (Å²) >= 11 is 0. The molecule has 0 radical (unpaired) electrons. The van der Waals surface area contributed by atoms with Gasteiger partial charge in [0.25, 0.3) is 0 Å². The molecule has 84 valence electrons. The highest BCUT2D eigenvalue weighted by Crippen LogP contribution is 2.24. The van der Waals surface area contributed by atoms with Crippen molar-refractivity contribution >= 4 is 0 Å². The molecule has 0 fully saturated rings. The lowest BCUT2D eigenvalue weighted by atomic mass is 10.1. The largest absolute Gasteiger partial charge is 0.494 e. The molecule has 1 N–H and O–H groups in total. The summed E-state index contributed by atoms with van der Waals surface area (Å²) in [5.41, 5.74) is 1.14. The summed E-state index contributed by atoms with van der Waals surface area (Å²) in [5, 5.41) is 3.21. The first-order valence-corrected chi connectivity index (χ1v) is 5.21. The number of nitrogens with one attached hydrogen (secondary N) is 1. The number of likely N-dealkylation sites (N-methyl/N-ethyl adjacent to an activating group) is 1. The zero-order valence-corrected chi connectivity index (χ0v) is 9.62. The van der Waals surface area contributed by atoms with E-state index in [0.717, 1.165) is 11.3 Å². The van der Waals surface area contributed by atoms with E-state index < -0.39 is 0 Å². The van der Waals surface area contributed by atoms with Crippen LogP contribution in [0, 0.1) is 0 Å². The number of ether oxygens (including phenoxy) is 2. The fourth-order valence-corrected chi connectivity index (χ4v) is 1.55. The number of rotatable bonds is 6. The van der Waals surface area contributed by atoms with Crippen molar-refractivity contribution in [3.05, 3.63) is 29.8 Å². The summed E-state index contributed by atoms with van der Waals surface area (Å²) in [6.07, 6.45) is 0. The normalized spacial score (nSPS) is 12.5.